The van der Waals surface area contributed by atoms with E-state index in [0.717, 1.165) is 6.07 Å². The van der Waals surface area contributed by atoms with Gasteiger partial charge in [-0.15, -0.1) is 0 Å². The molecule has 1 aliphatic heterocycles. The van der Waals surface area contributed by atoms with Crippen LogP contribution >= 0.6 is 0 Å². The molecule has 1 saturated heterocycles. The van der Waals surface area contributed by atoms with Crippen LogP contribution in [0, 0.1) is 11.6 Å². The van der Waals surface area contributed by atoms with Crippen LogP contribution in [0.25, 0.3) is 0 Å². The minimum Gasteiger partial charge on any atom is -0.392 e. The van der Waals surface area contributed by atoms with Crippen LogP contribution in [-0.4, -0.2) is 41.8 Å². The van der Waals surface area contributed by atoms with Crippen LogP contribution < -0.4 is 5.32 Å². The number of halogens is 2. The summed E-state index contributed by atoms with van der Waals surface area (Å²) < 4.78 is 25.9. The second-order valence-corrected chi connectivity index (χ2v) is 4.81. The molecule has 1 atom stereocenters. The Kier molecular flexibility index (Phi) is 3.99. The molecular formula is C13H16F2N2O2. The third-order valence-electron chi connectivity index (χ3n) is 3.13. The highest BCUT2D eigenvalue weighted by Crippen LogP contribution is 2.27. The predicted molar refractivity (Wildman–Crippen MR) is 65.8 cm³/mol. The van der Waals surface area contributed by atoms with Gasteiger partial charge in [0.15, 0.2) is 11.6 Å². The summed E-state index contributed by atoms with van der Waals surface area (Å²) in [6.45, 7) is 2.72. The van der Waals surface area contributed by atoms with E-state index in [0.29, 0.717) is 18.7 Å². The zero-order valence-electron chi connectivity index (χ0n) is 10.6. The maximum atomic E-state index is 13.1. The molecule has 0 bridgehead atoms. The van der Waals surface area contributed by atoms with Gasteiger partial charge in [-0.3, -0.25) is 0 Å². The van der Waals surface area contributed by atoms with Crippen molar-refractivity contribution < 1.29 is 18.7 Å². The minimum atomic E-state index is -0.866. The first-order valence-corrected chi connectivity index (χ1v) is 6.13. The van der Waals surface area contributed by atoms with Crippen LogP contribution in [0.3, 0.4) is 0 Å². The van der Waals surface area contributed by atoms with Crippen LogP contribution in [0.2, 0.25) is 0 Å². The normalized spacial score (nSPS) is 16.9. The van der Waals surface area contributed by atoms with Crippen molar-refractivity contribution in [3.63, 3.8) is 0 Å². The average Bonchev–Trinajstić information content (AvgIpc) is 2.29. The first kappa shape index (κ1) is 13.7. The first-order chi connectivity index (χ1) is 8.97. The second kappa shape index (κ2) is 5.52. The Bertz CT molecular complexity index is 474. The van der Waals surface area contributed by atoms with E-state index in [9.17, 15) is 13.6 Å². The molecule has 0 radical (unpaired) electrons. The number of hydrogen-bond acceptors (Lipinski definition) is 2. The van der Waals surface area contributed by atoms with Gasteiger partial charge in [0, 0.05) is 25.6 Å². The molecule has 19 heavy (non-hydrogen) atoms. The van der Waals surface area contributed by atoms with E-state index in [1.54, 1.807) is 11.8 Å². The number of carbonyl (C=O) groups is 1. The second-order valence-electron chi connectivity index (χ2n) is 4.81. The number of aliphatic hydroxyl groups is 1. The molecule has 0 unspecified atom stereocenters. The number of amides is 2. The van der Waals surface area contributed by atoms with Gasteiger partial charge >= 0.3 is 6.03 Å². The van der Waals surface area contributed by atoms with Gasteiger partial charge in [-0.05, 0) is 24.6 Å². The third kappa shape index (κ3) is 3.20. The highest BCUT2D eigenvalue weighted by Gasteiger charge is 2.32. The first-order valence-electron chi connectivity index (χ1n) is 6.13. The average molecular weight is 270 g/mol. The summed E-state index contributed by atoms with van der Waals surface area (Å²) in [7, 11) is 0. The van der Waals surface area contributed by atoms with Gasteiger partial charge in [-0.25, -0.2) is 13.6 Å². The molecule has 1 aromatic carbocycles. The number of nitrogens with zero attached hydrogens (tertiary/aromatic N) is 1. The van der Waals surface area contributed by atoms with Gasteiger partial charge in [0.05, 0.1) is 6.10 Å². The van der Waals surface area contributed by atoms with E-state index in [2.05, 4.69) is 5.32 Å². The molecule has 0 saturated carbocycles. The van der Waals surface area contributed by atoms with Crippen LogP contribution in [0.15, 0.2) is 18.2 Å². The SMILES string of the molecule is C[C@H](O)CNC(=O)N1CC(c2ccc(F)c(F)c2)C1. The Morgan fingerprint density at radius 3 is 2.74 bits per heavy atom. The van der Waals surface area contributed by atoms with Gasteiger partial charge in [0.25, 0.3) is 0 Å². The van der Waals surface area contributed by atoms with Crippen molar-refractivity contribution in [2.24, 2.45) is 0 Å². The summed E-state index contributed by atoms with van der Waals surface area (Å²) in [5.74, 6) is -1.70. The van der Waals surface area contributed by atoms with E-state index in [1.807, 2.05) is 0 Å². The lowest BCUT2D eigenvalue weighted by atomic mass is 9.92. The fourth-order valence-corrected chi connectivity index (χ4v) is 1.97. The molecule has 4 nitrogen and oxygen atoms in total. The van der Waals surface area contributed by atoms with Crippen LogP contribution in [0.5, 0.6) is 0 Å². The molecule has 1 heterocycles. The van der Waals surface area contributed by atoms with Gasteiger partial charge in [-0.1, -0.05) is 6.07 Å². The smallest absolute Gasteiger partial charge is 0.317 e. The molecule has 104 valence electrons. The van der Waals surface area contributed by atoms with Crippen molar-refractivity contribution >= 4 is 6.03 Å². The van der Waals surface area contributed by atoms with Crippen molar-refractivity contribution in [1.82, 2.24) is 10.2 Å². The molecule has 0 aromatic heterocycles. The molecule has 6 heteroatoms. The number of urea groups is 1. The third-order valence-corrected chi connectivity index (χ3v) is 3.13. The van der Waals surface area contributed by atoms with E-state index in [1.165, 1.54) is 12.1 Å². The summed E-state index contributed by atoms with van der Waals surface area (Å²) in [6.07, 6.45) is -0.591. The molecule has 1 fully saturated rings. The van der Waals surface area contributed by atoms with Crippen molar-refractivity contribution in [2.45, 2.75) is 18.9 Å². The van der Waals surface area contributed by atoms with Crippen molar-refractivity contribution in [1.29, 1.82) is 0 Å². The van der Waals surface area contributed by atoms with Crippen molar-refractivity contribution in [2.75, 3.05) is 19.6 Å². The Morgan fingerprint density at radius 2 is 2.16 bits per heavy atom. The molecule has 2 amide bonds. The number of benzene rings is 1. The van der Waals surface area contributed by atoms with Crippen LogP contribution in [0.4, 0.5) is 13.6 Å². The van der Waals surface area contributed by atoms with E-state index in [-0.39, 0.29) is 18.5 Å². The quantitative estimate of drug-likeness (QED) is 0.873. The summed E-state index contributed by atoms with van der Waals surface area (Å²) in [4.78, 5) is 13.2. The number of hydrogen-bond donors (Lipinski definition) is 2. The number of rotatable bonds is 3. The molecule has 0 aliphatic carbocycles. The summed E-state index contributed by atoms with van der Waals surface area (Å²) >= 11 is 0. The van der Waals surface area contributed by atoms with Crippen LogP contribution in [0.1, 0.15) is 18.4 Å². The number of likely N-dealkylation sites (tertiary alicyclic amines) is 1. The lowest BCUT2D eigenvalue weighted by Gasteiger charge is -2.39. The monoisotopic (exact) mass is 270 g/mol. The summed E-state index contributed by atoms with van der Waals surface area (Å²) in [6, 6.07) is 3.56. The van der Waals surface area contributed by atoms with E-state index in [4.69, 9.17) is 5.11 Å². The van der Waals surface area contributed by atoms with Crippen LogP contribution in [-0.2, 0) is 0 Å². The fraction of sp³-hybridized carbons (Fsp3) is 0.462. The molecule has 2 rings (SSSR count). The topological polar surface area (TPSA) is 52.6 Å². The number of carbonyl (C=O) groups excluding carboxylic acids is 1. The Labute approximate surface area is 110 Å². The standard InChI is InChI=1S/C13H16F2N2O2/c1-8(18)5-16-13(19)17-6-10(7-17)9-2-3-11(14)12(15)4-9/h2-4,8,10,18H,5-7H2,1H3,(H,16,19)/t8-/m0/s1. The molecule has 1 aromatic rings. The molecule has 0 spiro atoms. The Morgan fingerprint density at radius 1 is 1.47 bits per heavy atom. The lowest BCUT2D eigenvalue weighted by molar-refractivity contribution is 0.141. The number of nitrogens with one attached hydrogen (secondary N) is 1. The summed E-state index contributed by atoms with van der Waals surface area (Å²) in [5.41, 5.74) is 0.693. The van der Waals surface area contributed by atoms with Crippen molar-refractivity contribution in [3.05, 3.63) is 35.4 Å². The van der Waals surface area contributed by atoms with Gasteiger partial charge in [0.1, 0.15) is 0 Å². The van der Waals surface area contributed by atoms with Gasteiger partial charge in [-0.2, -0.15) is 0 Å². The summed E-state index contributed by atoms with van der Waals surface area (Å²) in [5, 5.41) is 11.6. The fourth-order valence-electron chi connectivity index (χ4n) is 1.97. The zero-order chi connectivity index (χ0) is 14.0. The molecule has 2 N–H and O–H groups in total. The maximum absolute atomic E-state index is 13.1. The van der Waals surface area contributed by atoms with Gasteiger partial charge < -0.3 is 15.3 Å². The number of aliphatic hydroxyl groups excluding tert-OH is 1. The Balaban J connectivity index is 1.85. The Hall–Kier alpha value is -1.69. The largest absolute Gasteiger partial charge is 0.392 e. The lowest BCUT2D eigenvalue weighted by Crippen LogP contribution is -2.53. The highest BCUT2D eigenvalue weighted by molar-refractivity contribution is 5.75. The molecular weight excluding hydrogens is 254 g/mol. The molecule has 1 aliphatic rings. The maximum Gasteiger partial charge on any atom is 0.317 e. The van der Waals surface area contributed by atoms with E-state index >= 15 is 0 Å². The van der Waals surface area contributed by atoms with Gasteiger partial charge in [0.2, 0.25) is 0 Å². The van der Waals surface area contributed by atoms with Crippen molar-refractivity contribution in [3.8, 4) is 0 Å². The highest BCUT2D eigenvalue weighted by atomic mass is 19.2. The minimum absolute atomic E-state index is 0.0346. The predicted octanol–water partition coefficient (Wildman–Crippen LogP) is 1.45. The zero-order valence-corrected chi connectivity index (χ0v) is 10.6. The van der Waals surface area contributed by atoms with E-state index < -0.39 is 17.7 Å².